The molecule has 0 radical (unpaired) electrons. The van der Waals surface area contributed by atoms with E-state index in [0.29, 0.717) is 0 Å². The molecule has 0 fully saturated rings. The van der Waals surface area contributed by atoms with Crippen LogP contribution in [0.3, 0.4) is 0 Å². The Morgan fingerprint density at radius 1 is 0.267 bits per heavy atom. The fraction of sp³-hybridized carbons (Fsp3) is 1.00. The predicted octanol–water partition coefficient (Wildman–Crippen LogP) is 10.1. The monoisotopic (exact) mass is 462 g/mol. The van der Waals surface area contributed by atoms with Gasteiger partial charge in [0.15, 0.2) is 0 Å². The second kappa shape index (κ2) is 20.5. The Bertz CT molecular complexity index is 285. The second-order valence-corrected chi connectivity index (χ2v) is 20.8. The number of hydrogen-bond donors (Lipinski definition) is 0. The summed E-state index contributed by atoms with van der Waals surface area (Å²) < 4.78 is 0. The van der Waals surface area contributed by atoms with E-state index < -0.39 is 14.5 Å². The molecule has 0 aliphatic carbocycles. The quantitative estimate of drug-likeness (QED) is 0.105. The van der Waals surface area contributed by atoms with Crippen LogP contribution >= 0.6 is 14.5 Å². The maximum absolute atomic E-state index is 2.42. The Balaban J connectivity index is 3.97. The summed E-state index contributed by atoms with van der Waals surface area (Å²) in [6.45, 7) is 14.5. The van der Waals surface area contributed by atoms with Crippen LogP contribution in [0.15, 0.2) is 0 Å². The number of unbranched alkanes of at least 4 members (excludes halogenated alkanes) is 7. The number of hydrogen-bond acceptors (Lipinski definition) is 0. The molecule has 0 bridgehead atoms. The number of rotatable bonds is 23. The van der Waals surface area contributed by atoms with E-state index in [2.05, 4.69) is 41.5 Å². The molecule has 0 spiro atoms. The van der Waals surface area contributed by atoms with Gasteiger partial charge in [0.25, 0.3) is 0 Å². The summed E-state index contributed by atoms with van der Waals surface area (Å²) in [6, 6.07) is 0. The molecule has 0 saturated heterocycles. The zero-order valence-corrected chi connectivity index (χ0v) is 24.6. The van der Waals surface area contributed by atoms with Crippen molar-refractivity contribution in [1.82, 2.24) is 0 Å². The molecule has 0 nitrogen and oxygen atoms in total. The zero-order valence-electron chi connectivity index (χ0n) is 22.6. The normalized spacial score (nSPS) is 13.7. The van der Waals surface area contributed by atoms with Gasteiger partial charge in [-0.05, 0) is 0 Å². The van der Waals surface area contributed by atoms with Crippen molar-refractivity contribution in [2.24, 2.45) is 0 Å². The molecule has 30 heavy (non-hydrogen) atoms. The summed E-state index contributed by atoms with van der Waals surface area (Å²) in [4.78, 5) is 0. The van der Waals surface area contributed by atoms with Crippen molar-refractivity contribution in [2.45, 2.75) is 131 Å². The van der Waals surface area contributed by atoms with E-state index in [1.54, 1.807) is 62.1 Å². The van der Waals surface area contributed by atoms with Gasteiger partial charge in [0.1, 0.15) is 0 Å². The van der Waals surface area contributed by atoms with Crippen LogP contribution in [0.25, 0.3) is 0 Å². The van der Waals surface area contributed by atoms with Gasteiger partial charge in [0.05, 0.1) is 0 Å². The van der Waals surface area contributed by atoms with Gasteiger partial charge in [0.2, 0.25) is 0 Å². The third kappa shape index (κ3) is 14.1. The summed E-state index contributed by atoms with van der Waals surface area (Å²) in [7, 11) is -1.83. The predicted molar refractivity (Wildman–Crippen MR) is 154 cm³/mol. The van der Waals surface area contributed by atoms with Crippen LogP contribution in [0.1, 0.15) is 131 Å². The first kappa shape index (κ1) is 30.9. The summed E-state index contributed by atoms with van der Waals surface area (Å²) in [5.41, 5.74) is 0. The van der Waals surface area contributed by atoms with Crippen molar-refractivity contribution < 1.29 is 0 Å². The van der Waals surface area contributed by atoms with Crippen LogP contribution in [-0.2, 0) is 0 Å². The van der Waals surface area contributed by atoms with Gasteiger partial charge in [0, 0.05) is 0 Å². The van der Waals surface area contributed by atoms with Crippen LogP contribution in [0, 0.1) is 0 Å². The second-order valence-electron chi connectivity index (χ2n) is 10.8. The summed E-state index contributed by atoms with van der Waals surface area (Å²) in [6.07, 6.45) is 33.7. The molecule has 0 rings (SSSR count). The van der Waals surface area contributed by atoms with Gasteiger partial charge in [-0.3, -0.25) is 0 Å². The third-order valence-electron chi connectivity index (χ3n) is 7.85. The molecule has 186 valence electrons. The summed E-state index contributed by atoms with van der Waals surface area (Å²) in [5, 5.41) is 0. The van der Waals surface area contributed by atoms with Crippen LogP contribution in [0.4, 0.5) is 0 Å². The van der Waals surface area contributed by atoms with Gasteiger partial charge < -0.3 is 0 Å². The van der Waals surface area contributed by atoms with Crippen molar-refractivity contribution in [2.75, 3.05) is 49.3 Å². The Hall–Kier alpha value is 0.860. The van der Waals surface area contributed by atoms with Crippen LogP contribution in [0.5, 0.6) is 0 Å². The first-order chi connectivity index (χ1) is 14.6. The summed E-state index contributed by atoms with van der Waals surface area (Å²) in [5.74, 6) is 0. The first-order valence-corrected chi connectivity index (χ1v) is 20.2. The summed E-state index contributed by atoms with van der Waals surface area (Å²) >= 11 is 0. The molecular formula is C28H64P2. The van der Waals surface area contributed by atoms with E-state index in [4.69, 9.17) is 0 Å². The first-order valence-electron chi connectivity index (χ1n) is 14.6. The van der Waals surface area contributed by atoms with E-state index in [9.17, 15) is 0 Å². The maximum atomic E-state index is 2.42. The Morgan fingerprint density at radius 2 is 0.467 bits per heavy atom. The van der Waals surface area contributed by atoms with Crippen molar-refractivity contribution in [1.29, 1.82) is 0 Å². The van der Waals surface area contributed by atoms with E-state index in [1.165, 1.54) is 77.0 Å². The topological polar surface area (TPSA) is 0 Å². The average Bonchev–Trinajstić information content (AvgIpc) is 2.70. The Kier molecular flexibility index (Phi) is 21.1. The van der Waals surface area contributed by atoms with E-state index in [-0.39, 0.29) is 0 Å². The molecule has 2 heteroatoms. The minimum atomic E-state index is -0.917. The van der Waals surface area contributed by atoms with Gasteiger partial charge in [-0.1, -0.05) is 0 Å². The molecule has 0 unspecified atom stereocenters. The Morgan fingerprint density at radius 3 is 0.667 bits per heavy atom. The van der Waals surface area contributed by atoms with Crippen molar-refractivity contribution in [3.05, 3.63) is 0 Å². The molecule has 0 aromatic rings. The molecule has 0 amide bonds. The van der Waals surface area contributed by atoms with Crippen molar-refractivity contribution in [3.8, 4) is 0 Å². The zero-order chi connectivity index (χ0) is 22.6. The van der Waals surface area contributed by atoms with E-state index >= 15 is 0 Å². The van der Waals surface area contributed by atoms with Crippen LogP contribution < -0.4 is 0 Å². The molecule has 0 aliphatic rings. The molecule has 0 atom stereocenters. The molecule has 0 aliphatic heterocycles. The third-order valence-corrected chi connectivity index (χ3v) is 20.0. The van der Waals surface area contributed by atoms with Crippen LogP contribution in [0.2, 0.25) is 0 Å². The van der Waals surface area contributed by atoms with Gasteiger partial charge >= 0.3 is 195 Å². The van der Waals surface area contributed by atoms with E-state index in [0.717, 1.165) is 0 Å². The fourth-order valence-corrected chi connectivity index (χ4v) is 18.1. The molecular weight excluding hydrogens is 398 g/mol. The standard InChI is InChI=1S/C28H64P2/c1-7-21-29(22-8-2,23-9-3)27-19-17-15-13-14-16-18-20-28-30(24-10-4,25-11-5)26-12-6/h29-30H,7-28H2,1-6H3. The van der Waals surface area contributed by atoms with Gasteiger partial charge in [-0.2, -0.15) is 0 Å². The fourth-order valence-electron chi connectivity index (χ4n) is 6.74. The molecule has 0 saturated carbocycles. The van der Waals surface area contributed by atoms with Gasteiger partial charge in [-0.15, -0.1) is 0 Å². The Labute approximate surface area is 195 Å². The minimum absolute atomic E-state index is 0.917. The van der Waals surface area contributed by atoms with E-state index in [1.807, 2.05) is 0 Å². The molecule has 0 aromatic heterocycles. The van der Waals surface area contributed by atoms with Crippen molar-refractivity contribution in [3.63, 3.8) is 0 Å². The van der Waals surface area contributed by atoms with Crippen LogP contribution in [-0.4, -0.2) is 49.3 Å². The molecule has 0 aromatic carbocycles. The molecule has 0 heterocycles. The SMILES string of the molecule is CCC[PH](CCC)(CCC)CCCCCCCCCC[PH](CCC)(CCC)CCC. The van der Waals surface area contributed by atoms with Gasteiger partial charge in [-0.25, -0.2) is 0 Å². The molecule has 0 N–H and O–H groups in total. The average molecular weight is 463 g/mol. The van der Waals surface area contributed by atoms with Crippen molar-refractivity contribution >= 4 is 14.5 Å².